The Bertz CT molecular complexity index is 542. The summed E-state index contributed by atoms with van der Waals surface area (Å²) in [5.41, 5.74) is 3.86. The fourth-order valence-corrected chi connectivity index (χ4v) is 2.46. The van der Waals surface area contributed by atoms with Gasteiger partial charge in [0.05, 0.1) is 5.69 Å². The van der Waals surface area contributed by atoms with Crippen molar-refractivity contribution in [3.63, 3.8) is 0 Å². The maximum absolute atomic E-state index is 4.70. The summed E-state index contributed by atoms with van der Waals surface area (Å²) in [6.07, 6.45) is 5.21. The van der Waals surface area contributed by atoms with Crippen molar-refractivity contribution in [2.24, 2.45) is 0 Å². The van der Waals surface area contributed by atoms with Gasteiger partial charge in [0.25, 0.3) is 0 Å². The Morgan fingerprint density at radius 1 is 1.14 bits per heavy atom. The van der Waals surface area contributed by atoms with E-state index in [9.17, 15) is 0 Å². The van der Waals surface area contributed by atoms with Crippen LogP contribution in [0.4, 0.5) is 0 Å². The fraction of sp³-hybridized carbons (Fsp3) is 0.500. The fourth-order valence-electron chi connectivity index (χ4n) is 2.46. The Morgan fingerprint density at radius 3 is 2.48 bits per heavy atom. The highest BCUT2D eigenvalue weighted by Crippen LogP contribution is 2.12. The molecule has 3 nitrogen and oxygen atoms in total. The van der Waals surface area contributed by atoms with E-state index >= 15 is 0 Å². The molecule has 0 aliphatic carbocycles. The number of benzene rings is 1. The molecule has 1 heterocycles. The lowest BCUT2D eigenvalue weighted by Crippen LogP contribution is -2.30. The normalized spacial score (nSPS) is 14.1. The third-order valence-electron chi connectivity index (χ3n) is 4.17. The lowest BCUT2D eigenvalue weighted by molar-refractivity contribution is 0.467. The molecule has 0 bridgehead atoms. The molecule has 0 radical (unpaired) electrons. The van der Waals surface area contributed by atoms with Gasteiger partial charge < -0.3 is 5.32 Å². The first-order chi connectivity index (χ1) is 10.1. The zero-order chi connectivity index (χ0) is 15.2. The summed E-state index contributed by atoms with van der Waals surface area (Å²) in [6, 6.07) is 11.8. The Kier molecular flexibility index (Phi) is 5.57. The topological polar surface area (TPSA) is 29.9 Å². The molecule has 0 fully saturated rings. The van der Waals surface area contributed by atoms with E-state index in [1.165, 1.54) is 16.8 Å². The van der Waals surface area contributed by atoms with Gasteiger partial charge in [-0.25, -0.2) is 0 Å². The van der Waals surface area contributed by atoms with Gasteiger partial charge in [0.1, 0.15) is 0 Å². The van der Waals surface area contributed by atoms with Crippen LogP contribution in [0.25, 0.3) is 0 Å². The molecule has 3 heteroatoms. The van der Waals surface area contributed by atoms with Crippen LogP contribution in [-0.4, -0.2) is 22.9 Å². The van der Waals surface area contributed by atoms with Crippen LogP contribution in [0.3, 0.4) is 0 Å². The van der Waals surface area contributed by atoms with E-state index in [4.69, 9.17) is 5.10 Å². The highest BCUT2D eigenvalue weighted by atomic mass is 15.3. The molecule has 0 saturated carbocycles. The molecule has 1 N–H and O–H groups in total. The van der Waals surface area contributed by atoms with Crippen molar-refractivity contribution in [1.29, 1.82) is 0 Å². The Balaban J connectivity index is 1.98. The van der Waals surface area contributed by atoms with Crippen molar-refractivity contribution in [2.45, 2.75) is 52.1 Å². The number of hydrogen-bond donors (Lipinski definition) is 1. The summed E-state index contributed by atoms with van der Waals surface area (Å²) < 4.78 is 2.08. The quantitative estimate of drug-likeness (QED) is 0.843. The smallest absolute Gasteiger partial charge is 0.0640 e. The van der Waals surface area contributed by atoms with E-state index in [1.807, 2.05) is 7.05 Å². The van der Waals surface area contributed by atoms with Crippen LogP contribution < -0.4 is 5.32 Å². The Hall–Kier alpha value is -1.61. The third kappa shape index (κ3) is 4.43. The van der Waals surface area contributed by atoms with Crippen molar-refractivity contribution in [3.05, 3.63) is 53.3 Å². The molecule has 2 atom stereocenters. The molecule has 0 aliphatic heterocycles. The molecular weight excluding hydrogens is 258 g/mol. The first kappa shape index (κ1) is 15.8. The van der Waals surface area contributed by atoms with Crippen LogP contribution >= 0.6 is 0 Å². The second-order valence-electron chi connectivity index (χ2n) is 5.92. The van der Waals surface area contributed by atoms with E-state index in [0.29, 0.717) is 12.1 Å². The number of aryl methyl sites for hydroxylation is 1. The molecule has 0 spiro atoms. The average molecular weight is 285 g/mol. The van der Waals surface area contributed by atoms with Crippen molar-refractivity contribution in [2.75, 3.05) is 7.05 Å². The molecule has 0 saturated heterocycles. The maximum atomic E-state index is 4.70. The number of likely N-dealkylation sites (N-methyl/N-ethyl adjacent to an activating group) is 1. The molecule has 114 valence electrons. The molecule has 21 heavy (non-hydrogen) atoms. The van der Waals surface area contributed by atoms with Crippen molar-refractivity contribution in [1.82, 2.24) is 15.1 Å². The summed E-state index contributed by atoms with van der Waals surface area (Å²) >= 11 is 0. The lowest BCUT2D eigenvalue weighted by atomic mass is 10.0. The average Bonchev–Trinajstić information content (AvgIpc) is 2.96. The predicted octanol–water partition coefficient (Wildman–Crippen LogP) is 3.54. The molecule has 1 aromatic heterocycles. The molecule has 2 aromatic rings. The Labute approximate surface area is 128 Å². The number of nitrogens with one attached hydrogen (secondary N) is 1. The van der Waals surface area contributed by atoms with E-state index in [-0.39, 0.29) is 0 Å². The van der Waals surface area contributed by atoms with Gasteiger partial charge in [0, 0.05) is 24.7 Å². The van der Waals surface area contributed by atoms with Gasteiger partial charge in [0.2, 0.25) is 0 Å². The van der Waals surface area contributed by atoms with Crippen LogP contribution in [0.1, 0.15) is 43.1 Å². The SMILES string of the molecule is CCC(C)n1ccc(CC(Cc2ccc(C)cc2)NC)n1. The first-order valence-corrected chi connectivity index (χ1v) is 7.89. The van der Waals surface area contributed by atoms with Crippen LogP contribution in [0.2, 0.25) is 0 Å². The number of hydrogen-bond acceptors (Lipinski definition) is 2. The van der Waals surface area contributed by atoms with Crippen LogP contribution in [0, 0.1) is 6.92 Å². The molecule has 0 aliphatic rings. The van der Waals surface area contributed by atoms with Crippen LogP contribution in [-0.2, 0) is 12.8 Å². The second kappa shape index (κ2) is 7.41. The standard InChI is InChI=1S/C18H27N3/c1-5-15(3)21-11-10-17(20-21)13-18(19-4)12-16-8-6-14(2)7-9-16/h6-11,15,18-19H,5,12-13H2,1-4H3. The predicted molar refractivity (Wildman–Crippen MR) is 88.7 cm³/mol. The van der Waals surface area contributed by atoms with Gasteiger partial charge in [0.15, 0.2) is 0 Å². The Morgan fingerprint density at radius 2 is 1.86 bits per heavy atom. The van der Waals surface area contributed by atoms with E-state index < -0.39 is 0 Å². The number of nitrogens with zero attached hydrogens (tertiary/aromatic N) is 2. The first-order valence-electron chi connectivity index (χ1n) is 7.89. The van der Waals surface area contributed by atoms with Gasteiger partial charge in [-0.2, -0.15) is 5.10 Å². The second-order valence-corrected chi connectivity index (χ2v) is 5.92. The summed E-state index contributed by atoms with van der Waals surface area (Å²) in [6.45, 7) is 6.53. The zero-order valence-corrected chi connectivity index (χ0v) is 13.6. The molecule has 2 rings (SSSR count). The lowest BCUT2D eigenvalue weighted by Gasteiger charge is -2.15. The molecule has 2 unspecified atom stereocenters. The molecular formula is C18H27N3. The monoisotopic (exact) mass is 285 g/mol. The van der Waals surface area contributed by atoms with Gasteiger partial charge in [-0.05, 0) is 45.4 Å². The van der Waals surface area contributed by atoms with Crippen molar-refractivity contribution >= 4 is 0 Å². The van der Waals surface area contributed by atoms with E-state index in [0.717, 1.165) is 19.3 Å². The van der Waals surface area contributed by atoms with Crippen LogP contribution in [0.15, 0.2) is 36.5 Å². The number of rotatable bonds is 7. The summed E-state index contributed by atoms with van der Waals surface area (Å²) in [5.74, 6) is 0. The third-order valence-corrected chi connectivity index (χ3v) is 4.17. The van der Waals surface area contributed by atoms with Gasteiger partial charge in [-0.15, -0.1) is 0 Å². The highest BCUT2D eigenvalue weighted by molar-refractivity contribution is 5.22. The van der Waals surface area contributed by atoms with Gasteiger partial charge in [-0.1, -0.05) is 36.8 Å². The van der Waals surface area contributed by atoms with Crippen molar-refractivity contribution in [3.8, 4) is 0 Å². The van der Waals surface area contributed by atoms with Crippen LogP contribution in [0.5, 0.6) is 0 Å². The van der Waals surface area contributed by atoms with Gasteiger partial charge >= 0.3 is 0 Å². The van der Waals surface area contributed by atoms with E-state index in [1.54, 1.807) is 0 Å². The summed E-state index contributed by atoms with van der Waals surface area (Å²) in [7, 11) is 2.03. The number of aromatic nitrogens is 2. The minimum absolute atomic E-state index is 0.424. The molecule has 0 amide bonds. The summed E-state index contributed by atoms with van der Waals surface area (Å²) in [4.78, 5) is 0. The largest absolute Gasteiger partial charge is 0.316 e. The molecule has 1 aromatic carbocycles. The maximum Gasteiger partial charge on any atom is 0.0640 e. The minimum atomic E-state index is 0.424. The van der Waals surface area contributed by atoms with E-state index in [2.05, 4.69) is 67.3 Å². The summed E-state index contributed by atoms with van der Waals surface area (Å²) in [5, 5.41) is 8.12. The highest BCUT2D eigenvalue weighted by Gasteiger charge is 2.11. The zero-order valence-electron chi connectivity index (χ0n) is 13.6. The van der Waals surface area contributed by atoms with Gasteiger partial charge in [-0.3, -0.25) is 4.68 Å². The van der Waals surface area contributed by atoms with Crippen molar-refractivity contribution < 1.29 is 0 Å². The minimum Gasteiger partial charge on any atom is -0.316 e.